The summed E-state index contributed by atoms with van der Waals surface area (Å²) in [6, 6.07) is 7.39. The highest BCUT2D eigenvalue weighted by Gasteiger charge is 2.34. The molecule has 7 heteroatoms. The molecule has 1 atom stereocenters. The van der Waals surface area contributed by atoms with Crippen LogP contribution in [0.3, 0.4) is 0 Å². The van der Waals surface area contributed by atoms with E-state index in [1.807, 2.05) is 0 Å². The number of hydrogen-bond donors (Lipinski definition) is 1. The van der Waals surface area contributed by atoms with Gasteiger partial charge in [0.05, 0.1) is 6.20 Å². The quantitative estimate of drug-likeness (QED) is 0.904. The van der Waals surface area contributed by atoms with Gasteiger partial charge in [0.1, 0.15) is 10.1 Å². The molecular weight excluding hydrogens is 346 g/mol. The van der Waals surface area contributed by atoms with Crippen LogP contribution in [-0.2, 0) is 0 Å². The second-order valence-corrected chi connectivity index (χ2v) is 7.90. The van der Waals surface area contributed by atoms with E-state index >= 15 is 0 Å². The molecule has 3 saturated heterocycles. The smallest absolute Gasteiger partial charge is 0.280 e. The summed E-state index contributed by atoms with van der Waals surface area (Å²) in [5.74, 6) is 1.24. The zero-order valence-electron chi connectivity index (χ0n) is 13.1. The van der Waals surface area contributed by atoms with E-state index < -0.39 is 0 Å². The number of carbonyl (C=O) groups is 1. The molecule has 5 rings (SSSR count). The van der Waals surface area contributed by atoms with Crippen molar-refractivity contribution in [1.29, 1.82) is 0 Å². The van der Waals surface area contributed by atoms with Crippen LogP contribution in [-0.4, -0.2) is 41.5 Å². The van der Waals surface area contributed by atoms with E-state index in [0.717, 1.165) is 6.54 Å². The van der Waals surface area contributed by atoms with Gasteiger partial charge >= 0.3 is 0 Å². The second-order valence-electron chi connectivity index (χ2n) is 6.27. The summed E-state index contributed by atoms with van der Waals surface area (Å²) in [6.07, 6.45) is 3.93. The Kier molecular flexibility index (Phi) is 4.43. The van der Waals surface area contributed by atoms with Crippen molar-refractivity contribution in [2.24, 2.45) is 5.92 Å². The van der Waals surface area contributed by atoms with Crippen LogP contribution < -0.4 is 10.1 Å². The van der Waals surface area contributed by atoms with Crippen molar-refractivity contribution in [3.05, 3.63) is 40.4 Å². The lowest BCUT2D eigenvalue weighted by Crippen LogP contribution is -2.57. The van der Waals surface area contributed by atoms with E-state index in [9.17, 15) is 4.79 Å². The number of thiazole rings is 1. The topological polar surface area (TPSA) is 54.5 Å². The molecule has 1 N–H and O–H groups in total. The minimum atomic E-state index is -0.0161. The summed E-state index contributed by atoms with van der Waals surface area (Å²) in [5.41, 5.74) is 0.649. The number of piperidine rings is 3. The van der Waals surface area contributed by atoms with Crippen LogP contribution in [0.15, 0.2) is 30.5 Å². The van der Waals surface area contributed by atoms with Gasteiger partial charge in [-0.1, -0.05) is 22.9 Å². The standard InChI is InChI=1S/C17H18ClN3O2S/c18-15-9-19-17(24-15)23-13-3-1-12(2-4-13)16(22)20-14-10-21-7-5-11(14)6-8-21/h1-4,9,11,14H,5-8,10H2,(H,20,22)/t14-/m0/s1. The monoisotopic (exact) mass is 363 g/mol. The number of rotatable bonds is 4. The first-order valence-electron chi connectivity index (χ1n) is 8.10. The van der Waals surface area contributed by atoms with Crippen molar-refractivity contribution in [2.75, 3.05) is 19.6 Å². The number of fused-ring (bicyclic) bond motifs is 3. The fourth-order valence-corrected chi connectivity index (χ4v) is 4.20. The molecule has 1 aromatic heterocycles. The van der Waals surface area contributed by atoms with Gasteiger partial charge in [0.2, 0.25) is 0 Å². The van der Waals surface area contributed by atoms with Crippen LogP contribution in [0.5, 0.6) is 10.9 Å². The van der Waals surface area contributed by atoms with Crippen LogP contribution in [0.1, 0.15) is 23.2 Å². The minimum Gasteiger partial charge on any atom is -0.431 e. The molecule has 2 aromatic rings. The van der Waals surface area contributed by atoms with Gasteiger partial charge in [0.15, 0.2) is 0 Å². The highest BCUT2D eigenvalue weighted by atomic mass is 35.5. The maximum Gasteiger partial charge on any atom is 0.280 e. The van der Waals surface area contributed by atoms with Gasteiger partial charge in [0.25, 0.3) is 11.1 Å². The van der Waals surface area contributed by atoms with E-state index in [1.54, 1.807) is 30.5 Å². The molecule has 3 aliphatic heterocycles. The van der Waals surface area contributed by atoms with E-state index in [-0.39, 0.29) is 11.9 Å². The summed E-state index contributed by atoms with van der Waals surface area (Å²) < 4.78 is 6.19. The Balaban J connectivity index is 1.38. The Bertz CT molecular complexity index is 726. The van der Waals surface area contributed by atoms with E-state index in [1.165, 1.54) is 37.3 Å². The van der Waals surface area contributed by atoms with Gasteiger partial charge < -0.3 is 15.0 Å². The van der Waals surface area contributed by atoms with Crippen molar-refractivity contribution in [2.45, 2.75) is 18.9 Å². The number of ether oxygens (including phenoxy) is 1. The molecule has 3 fully saturated rings. The third-order valence-electron chi connectivity index (χ3n) is 4.75. The van der Waals surface area contributed by atoms with Crippen molar-refractivity contribution >= 4 is 28.8 Å². The number of hydrogen-bond acceptors (Lipinski definition) is 5. The fourth-order valence-electron chi connectivity index (χ4n) is 3.44. The summed E-state index contributed by atoms with van der Waals surface area (Å²) >= 11 is 7.10. The molecule has 0 radical (unpaired) electrons. The molecule has 0 saturated carbocycles. The highest BCUT2D eigenvalue weighted by Crippen LogP contribution is 2.30. The number of halogens is 1. The number of aromatic nitrogens is 1. The lowest BCUT2D eigenvalue weighted by Gasteiger charge is -2.44. The van der Waals surface area contributed by atoms with E-state index in [2.05, 4.69) is 15.2 Å². The number of amides is 1. The molecule has 0 unspecified atom stereocenters. The zero-order chi connectivity index (χ0) is 16.5. The van der Waals surface area contributed by atoms with Gasteiger partial charge in [-0.05, 0) is 56.1 Å². The lowest BCUT2D eigenvalue weighted by molar-refractivity contribution is 0.0620. The molecule has 1 amide bonds. The first kappa shape index (κ1) is 15.9. The molecule has 5 nitrogen and oxygen atoms in total. The van der Waals surface area contributed by atoms with E-state index in [0.29, 0.717) is 26.8 Å². The minimum absolute atomic E-state index is 0.0161. The van der Waals surface area contributed by atoms with Crippen LogP contribution in [0, 0.1) is 5.92 Å². The Morgan fingerprint density at radius 2 is 2.04 bits per heavy atom. The van der Waals surface area contributed by atoms with Gasteiger partial charge in [-0.3, -0.25) is 4.79 Å². The van der Waals surface area contributed by atoms with Crippen molar-refractivity contribution < 1.29 is 9.53 Å². The summed E-state index contributed by atoms with van der Waals surface area (Å²) in [5, 5.41) is 3.68. The molecule has 2 bridgehead atoms. The largest absolute Gasteiger partial charge is 0.431 e. The SMILES string of the molecule is O=C(N[C@H]1CN2CCC1CC2)c1ccc(Oc2ncc(Cl)s2)cc1. The molecule has 24 heavy (non-hydrogen) atoms. The van der Waals surface area contributed by atoms with Crippen LogP contribution in [0.2, 0.25) is 4.34 Å². The van der Waals surface area contributed by atoms with Crippen LogP contribution in [0.25, 0.3) is 0 Å². The zero-order valence-corrected chi connectivity index (χ0v) is 14.6. The predicted octanol–water partition coefficient (Wildman–Crippen LogP) is 3.41. The maximum atomic E-state index is 12.5. The van der Waals surface area contributed by atoms with Crippen molar-refractivity contribution in [3.8, 4) is 10.9 Å². The highest BCUT2D eigenvalue weighted by molar-refractivity contribution is 7.17. The molecule has 126 valence electrons. The molecular formula is C17H18ClN3O2S. The third kappa shape index (κ3) is 3.41. The van der Waals surface area contributed by atoms with Gasteiger partial charge in [-0.25, -0.2) is 4.98 Å². The van der Waals surface area contributed by atoms with Crippen molar-refractivity contribution in [3.63, 3.8) is 0 Å². The first-order chi connectivity index (χ1) is 11.7. The average molecular weight is 364 g/mol. The molecule has 3 aliphatic rings. The Hall–Kier alpha value is -1.63. The van der Waals surface area contributed by atoms with Gasteiger partial charge in [-0.2, -0.15) is 0 Å². The molecule has 1 aromatic carbocycles. The Morgan fingerprint density at radius 3 is 2.62 bits per heavy atom. The number of carbonyl (C=O) groups excluding carboxylic acids is 1. The summed E-state index contributed by atoms with van der Waals surface area (Å²) in [6.45, 7) is 3.32. The van der Waals surface area contributed by atoms with Crippen LogP contribution >= 0.6 is 22.9 Å². The average Bonchev–Trinajstić information content (AvgIpc) is 3.01. The summed E-state index contributed by atoms with van der Waals surface area (Å²) in [7, 11) is 0. The van der Waals surface area contributed by atoms with E-state index in [4.69, 9.17) is 16.3 Å². The van der Waals surface area contributed by atoms with Gasteiger partial charge in [0, 0.05) is 18.2 Å². The van der Waals surface area contributed by atoms with Crippen molar-refractivity contribution in [1.82, 2.24) is 15.2 Å². The predicted molar refractivity (Wildman–Crippen MR) is 94.1 cm³/mol. The van der Waals surface area contributed by atoms with Gasteiger partial charge in [-0.15, -0.1) is 0 Å². The number of benzene rings is 1. The Labute approximate surface area is 149 Å². The first-order valence-corrected chi connectivity index (χ1v) is 9.29. The molecule has 4 heterocycles. The van der Waals surface area contributed by atoms with Crippen LogP contribution in [0.4, 0.5) is 0 Å². The maximum absolute atomic E-state index is 12.5. The second kappa shape index (κ2) is 6.70. The normalized spacial score (nSPS) is 25.5. The lowest BCUT2D eigenvalue weighted by atomic mass is 9.84. The Morgan fingerprint density at radius 1 is 1.29 bits per heavy atom. The summed E-state index contributed by atoms with van der Waals surface area (Å²) in [4.78, 5) is 18.9. The third-order valence-corrected chi connectivity index (χ3v) is 5.74. The number of nitrogens with zero attached hydrogens (tertiary/aromatic N) is 2. The fraction of sp³-hybridized carbons (Fsp3) is 0.412. The molecule has 0 aliphatic carbocycles. The number of nitrogens with one attached hydrogen (secondary N) is 1. The molecule has 0 spiro atoms.